The molecule has 3 aromatic rings. The largest absolute Gasteiger partial charge is 0.482 e. The van der Waals surface area contributed by atoms with Gasteiger partial charge in [-0.3, -0.25) is 9.59 Å². The summed E-state index contributed by atoms with van der Waals surface area (Å²) in [6.45, 7) is -0.422. The van der Waals surface area contributed by atoms with Gasteiger partial charge >= 0.3 is 6.18 Å². The number of para-hydroxylation sites is 1. The highest BCUT2D eigenvalue weighted by atomic mass is 35.5. The van der Waals surface area contributed by atoms with Gasteiger partial charge in [-0.15, -0.1) is 0 Å². The molecule has 0 spiro atoms. The molecule has 0 heterocycles. The predicted octanol–water partition coefficient (Wildman–Crippen LogP) is 5.28. The lowest BCUT2D eigenvalue weighted by Crippen LogP contribution is -2.20. The fourth-order valence-corrected chi connectivity index (χ4v) is 2.92. The van der Waals surface area contributed by atoms with E-state index >= 15 is 0 Å². The first-order valence-electron chi connectivity index (χ1n) is 9.61. The number of anilines is 1. The van der Waals surface area contributed by atoms with E-state index in [9.17, 15) is 27.2 Å². The highest BCUT2D eigenvalue weighted by Gasteiger charge is 2.30. The first kappa shape index (κ1) is 24.7. The Morgan fingerprint density at radius 3 is 2.50 bits per heavy atom. The number of carbonyl (C=O) groups excluding carboxylic acids is 2. The summed E-state index contributed by atoms with van der Waals surface area (Å²) in [5.74, 6) is -1.83. The van der Waals surface area contributed by atoms with Gasteiger partial charge in [-0.05, 0) is 54.1 Å². The summed E-state index contributed by atoms with van der Waals surface area (Å²) >= 11 is 6.12. The van der Waals surface area contributed by atoms with Crippen molar-refractivity contribution in [3.63, 3.8) is 0 Å². The van der Waals surface area contributed by atoms with Crippen molar-refractivity contribution in [2.24, 2.45) is 5.10 Å². The Bertz CT molecular complexity index is 1230. The number of hydrazone groups is 1. The Morgan fingerprint density at radius 2 is 1.79 bits per heavy atom. The first-order valence-corrected chi connectivity index (χ1v) is 9.98. The summed E-state index contributed by atoms with van der Waals surface area (Å²) in [6.07, 6.45) is -3.34. The van der Waals surface area contributed by atoms with Crippen molar-refractivity contribution >= 4 is 35.3 Å². The summed E-state index contributed by atoms with van der Waals surface area (Å²) in [7, 11) is 0. The van der Waals surface area contributed by atoms with Gasteiger partial charge in [0, 0.05) is 5.56 Å². The Labute approximate surface area is 196 Å². The van der Waals surface area contributed by atoms with E-state index in [1.54, 1.807) is 6.07 Å². The normalized spacial score (nSPS) is 11.3. The molecule has 0 saturated carbocycles. The number of alkyl halides is 3. The smallest absolute Gasteiger partial charge is 0.416 e. The van der Waals surface area contributed by atoms with Crippen LogP contribution in [0.1, 0.15) is 21.5 Å². The first-order chi connectivity index (χ1) is 16.1. The highest BCUT2D eigenvalue weighted by Crippen LogP contribution is 2.29. The minimum Gasteiger partial charge on any atom is -0.482 e. The van der Waals surface area contributed by atoms with Gasteiger partial charge < -0.3 is 10.1 Å². The number of ether oxygens (including phenoxy) is 1. The van der Waals surface area contributed by atoms with Gasteiger partial charge in [0.15, 0.2) is 6.61 Å². The van der Waals surface area contributed by atoms with Crippen LogP contribution in [0.2, 0.25) is 5.02 Å². The predicted molar refractivity (Wildman–Crippen MR) is 118 cm³/mol. The standard InChI is InChI=1S/C23H16ClF4N3O3/c24-17-10-14(12-29-31-22(33)15-4-3-5-16(11-15)23(26,27)28)8-9-20(17)34-13-21(32)30-19-7-2-1-6-18(19)25/h1-12H,13H2,(H,30,32)(H,31,33). The number of nitrogens with zero attached hydrogens (tertiary/aromatic N) is 1. The van der Waals surface area contributed by atoms with E-state index in [4.69, 9.17) is 16.3 Å². The molecule has 176 valence electrons. The van der Waals surface area contributed by atoms with Crippen LogP contribution in [-0.4, -0.2) is 24.6 Å². The zero-order chi connectivity index (χ0) is 24.7. The number of nitrogens with one attached hydrogen (secondary N) is 2. The molecule has 0 unspecified atom stereocenters. The van der Waals surface area contributed by atoms with Crippen molar-refractivity contribution in [3.8, 4) is 5.75 Å². The van der Waals surface area contributed by atoms with Gasteiger partial charge in [0.2, 0.25) is 0 Å². The second-order valence-corrected chi connectivity index (χ2v) is 7.19. The third kappa shape index (κ3) is 6.79. The molecule has 34 heavy (non-hydrogen) atoms. The zero-order valence-electron chi connectivity index (χ0n) is 17.2. The van der Waals surface area contributed by atoms with Crippen molar-refractivity contribution in [2.45, 2.75) is 6.18 Å². The number of hydrogen-bond donors (Lipinski definition) is 2. The molecule has 6 nitrogen and oxygen atoms in total. The van der Waals surface area contributed by atoms with Crippen LogP contribution in [0.25, 0.3) is 0 Å². The van der Waals surface area contributed by atoms with Crippen LogP contribution < -0.4 is 15.5 Å². The molecular weight excluding hydrogens is 478 g/mol. The molecule has 0 radical (unpaired) electrons. The Hall–Kier alpha value is -3.92. The van der Waals surface area contributed by atoms with Crippen LogP contribution >= 0.6 is 11.6 Å². The Morgan fingerprint density at radius 1 is 1.03 bits per heavy atom. The minimum absolute atomic E-state index is 0.0148. The monoisotopic (exact) mass is 493 g/mol. The van der Waals surface area contributed by atoms with Gasteiger partial charge in [0.05, 0.1) is 22.5 Å². The van der Waals surface area contributed by atoms with Gasteiger partial charge in [-0.2, -0.15) is 18.3 Å². The summed E-state index contributed by atoms with van der Waals surface area (Å²) in [5, 5.41) is 6.21. The van der Waals surface area contributed by atoms with Crippen molar-refractivity contribution in [2.75, 3.05) is 11.9 Å². The molecule has 0 bridgehead atoms. The van der Waals surface area contributed by atoms with Crippen LogP contribution in [0.5, 0.6) is 5.75 Å². The molecule has 3 rings (SSSR count). The van der Waals surface area contributed by atoms with Crippen LogP contribution in [0.15, 0.2) is 71.8 Å². The molecule has 0 aromatic heterocycles. The quantitative estimate of drug-likeness (QED) is 0.267. The maximum atomic E-state index is 13.6. The fourth-order valence-electron chi connectivity index (χ4n) is 2.67. The second-order valence-electron chi connectivity index (χ2n) is 6.78. The summed E-state index contributed by atoms with van der Waals surface area (Å²) in [5.41, 5.74) is 1.43. The Balaban J connectivity index is 1.55. The van der Waals surface area contributed by atoms with Crippen molar-refractivity contribution < 1.29 is 31.9 Å². The molecule has 0 aliphatic heterocycles. The van der Waals surface area contributed by atoms with Crippen LogP contribution in [-0.2, 0) is 11.0 Å². The molecule has 0 aliphatic carbocycles. The third-order valence-corrected chi connectivity index (χ3v) is 4.59. The second kappa shape index (κ2) is 10.8. The molecule has 3 aromatic carbocycles. The van der Waals surface area contributed by atoms with E-state index < -0.39 is 36.0 Å². The topological polar surface area (TPSA) is 79.8 Å². The SMILES string of the molecule is O=C(COc1ccc(C=NNC(=O)c2cccc(C(F)(F)F)c2)cc1Cl)Nc1ccccc1F. The van der Waals surface area contributed by atoms with Crippen LogP contribution in [0.4, 0.5) is 23.2 Å². The number of amides is 2. The third-order valence-electron chi connectivity index (χ3n) is 4.29. The molecule has 0 atom stereocenters. The van der Waals surface area contributed by atoms with E-state index in [-0.39, 0.29) is 22.0 Å². The summed E-state index contributed by atoms with van der Waals surface area (Å²) in [6, 6.07) is 14.0. The van der Waals surface area contributed by atoms with E-state index in [0.29, 0.717) is 5.56 Å². The molecule has 0 saturated heterocycles. The maximum Gasteiger partial charge on any atom is 0.416 e. The maximum absolute atomic E-state index is 13.6. The van der Waals surface area contributed by atoms with Gasteiger partial charge in [-0.1, -0.05) is 29.8 Å². The lowest BCUT2D eigenvalue weighted by atomic mass is 10.1. The number of carbonyl (C=O) groups is 2. The fraction of sp³-hybridized carbons (Fsp3) is 0.0870. The average Bonchev–Trinajstić information content (AvgIpc) is 2.79. The van der Waals surface area contributed by atoms with Gasteiger partial charge in [0.25, 0.3) is 11.8 Å². The number of benzene rings is 3. The van der Waals surface area contributed by atoms with Crippen molar-refractivity contribution in [1.82, 2.24) is 5.43 Å². The highest BCUT2D eigenvalue weighted by molar-refractivity contribution is 6.32. The zero-order valence-corrected chi connectivity index (χ0v) is 18.0. The van der Waals surface area contributed by atoms with E-state index in [1.165, 1.54) is 48.7 Å². The molecule has 0 fully saturated rings. The lowest BCUT2D eigenvalue weighted by molar-refractivity contribution is -0.137. The average molecular weight is 494 g/mol. The van der Waals surface area contributed by atoms with Crippen LogP contribution in [0.3, 0.4) is 0 Å². The van der Waals surface area contributed by atoms with Crippen LogP contribution in [0, 0.1) is 5.82 Å². The molecule has 11 heteroatoms. The van der Waals surface area contributed by atoms with Gasteiger partial charge in [-0.25, -0.2) is 9.82 Å². The Kier molecular flexibility index (Phi) is 7.85. The van der Waals surface area contributed by atoms with Gasteiger partial charge in [0.1, 0.15) is 11.6 Å². The molecular formula is C23H16ClF4N3O3. The number of halogens is 5. The van der Waals surface area contributed by atoms with E-state index in [0.717, 1.165) is 18.2 Å². The molecule has 2 amide bonds. The molecule has 2 N–H and O–H groups in total. The van der Waals surface area contributed by atoms with Crippen molar-refractivity contribution in [3.05, 3.63) is 94.3 Å². The minimum atomic E-state index is -4.57. The van der Waals surface area contributed by atoms with E-state index in [2.05, 4.69) is 15.8 Å². The van der Waals surface area contributed by atoms with E-state index in [1.807, 2.05) is 0 Å². The number of hydrogen-bond acceptors (Lipinski definition) is 4. The summed E-state index contributed by atoms with van der Waals surface area (Å²) in [4.78, 5) is 24.0. The molecule has 0 aliphatic rings. The summed E-state index contributed by atoms with van der Waals surface area (Å²) < 4.78 is 57.2. The lowest BCUT2D eigenvalue weighted by Gasteiger charge is -2.10. The number of rotatable bonds is 7. The van der Waals surface area contributed by atoms with Crippen molar-refractivity contribution in [1.29, 1.82) is 0 Å².